The van der Waals surface area contributed by atoms with Gasteiger partial charge in [-0.1, -0.05) is 36.4 Å². The van der Waals surface area contributed by atoms with Crippen LogP contribution in [0.3, 0.4) is 0 Å². The van der Waals surface area contributed by atoms with Crippen molar-refractivity contribution in [2.24, 2.45) is 5.92 Å². The third-order valence-corrected chi connectivity index (χ3v) is 5.30. The van der Waals surface area contributed by atoms with Gasteiger partial charge in [-0.25, -0.2) is 0 Å². The second kappa shape index (κ2) is 14.1. The first-order valence-electron chi connectivity index (χ1n) is 11.4. The lowest BCUT2D eigenvalue weighted by Gasteiger charge is -2.19. The Morgan fingerprint density at radius 2 is 2.06 bits per heavy atom. The van der Waals surface area contributed by atoms with Crippen LogP contribution in [-0.4, -0.2) is 55.8 Å². The Kier molecular flexibility index (Phi) is 11.5. The summed E-state index contributed by atoms with van der Waals surface area (Å²) in [6.07, 6.45) is 9.75. The number of aliphatic hydroxyl groups is 1. The highest BCUT2D eigenvalue weighted by Gasteiger charge is 2.35. The number of carbonyl (C=O) groups excluding carboxylic acids is 1. The van der Waals surface area contributed by atoms with Crippen molar-refractivity contribution in [1.29, 1.82) is 0 Å². The summed E-state index contributed by atoms with van der Waals surface area (Å²) in [4.78, 5) is 11.6. The molecule has 0 bridgehead atoms. The molecule has 1 saturated heterocycles. The molecule has 1 aliphatic heterocycles. The van der Waals surface area contributed by atoms with Gasteiger partial charge in [-0.3, -0.25) is 4.79 Å². The molecule has 6 nitrogen and oxygen atoms in total. The summed E-state index contributed by atoms with van der Waals surface area (Å²) >= 11 is 0. The Labute approximate surface area is 192 Å². The van der Waals surface area contributed by atoms with E-state index in [9.17, 15) is 9.90 Å². The first-order valence-corrected chi connectivity index (χ1v) is 11.4. The maximum Gasteiger partial charge on any atom is 0.306 e. The third kappa shape index (κ3) is 9.55. The van der Waals surface area contributed by atoms with Crippen molar-refractivity contribution >= 4 is 5.97 Å². The molecule has 1 heterocycles. The van der Waals surface area contributed by atoms with Crippen LogP contribution in [0, 0.1) is 12.8 Å². The summed E-state index contributed by atoms with van der Waals surface area (Å²) in [5, 5.41) is 10.3. The second-order valence-corrected chi connectivity index (χ2v) is 8.44. The van der Waals surface area contributed by atoms with Crippen LogP contribution >= 0.6 is 0 Å². The standard InChI is InChI=1S/C26H38O6/c1-19(2)32-26(28)13-8-6-5-7-12-23-24(31-18-25(23)29-4)15-14-21(27)17-30-22-11-9-10-20(3)16-22/h5-6,9-11,14-16,19,21,23-25,27H,7-8,12-13,17-18H2,1-4H3/b6-5-,15-14+/t21?,23-,24-,25?/m1/s1. The number of aryl methyl sites for hydroxylation is 1. The molecular weight excluding hydrogens is 408 g/mol. The Balaban J connectivity index is 1.76. The topological polar surface area (TPSA) is 74.2 Å². The van der Waals surface area contributed by atoms with Crippen LogP contribution in [0.15, 0.2) is 48.6 Å². The summed E-state index contributed by atoms with van der Waals surface area (Å²) in [6.45, 7) is 6.43. The molecule has 0 spiro atoms. The number of allylic oxidation sites excluding steroid dienone is 2. The van der Waals surface area contributed by atoms with E-state index in [2.05, 4.69) is 6.08 Å². The first kappa shape index (κ1) is 26.1. The second-order valence-electron chi connectivity index (χ2n) is 8.44. The summed E-state index contributed by atoms with van der Waals surface area (Å²) in [5.74, 6) is 0.788. The molecule has 1 aliphatic rings. The molecule has 4 atom stereocenters. The van der Waals surface area contributed by atoms with E-state index >= 15 is 0 Å². The number of hydrogen-bond acceptors (Lipinski definition) is 6. The summed E-state index contributed by atoms with van der Waals surface area (Å²) in [5.41, 5.74) is 1.12. The van der Waals surface area contributed by atoms with Crippen LogP contribution in [0.2, 0.25) is 0 Å². The molecule has 6 heteroatoms. The van der Waals surface area contributed by atoms with Gasteiger partial charge in [-0.2, -0.15) is 0 Å². The number of aliphatic hydroxyl groups excluding tert-OH is 1. The normalized spacial score (nSPS) is 22.1. The van der Waals surface area contributed by atoms with E-state index in [0.717, 1.165) is 24.2 Å². The Bertz CT molecular complexity index is 742. The molecular formula is C26H38O6. The Hall–Kier alpha value is -2.15. The van der Waals surface area contributed by atoms with Gasteiger partial charge in [0.25, 0.3) is 0 Å². The predicted molar refractivity (Wildman–Crippen MR) is 125 cm³/mol. The van der Waals surface area contributed by atoms with E-state index in [1.54, 1.807) is 13.2 Å². The van der Waals surface area contributed by atoms with Crippen LogP contribution in [-0.2, 0) is 19.0 Å². The lowest BCUT2D eigenvalue weighted by Crippen LogP contribution is -2.25. The van der Waals surface area contributed by atoms with E-state index in [1.807, 2.05) is 57.2 Å². The summed E-state index contributed by atoms with van der Waals surface area (Å²) in [6, 6.07) is 7.75. The molecule has 1 aromatic rings. The van der Waals surface area contributed by atoms with Crippen molar-refractivity contribution in [2.45, 2.75) is 70.9 Å². The molecule has 2 unspecified atom stereocenters. The van der Waals surface area contributed by atoms with Gasteiger partial charge < -0.3 is 24.1 Å². The van der Waals surface area contributed by atoms with Crippen molar-refractivity contribution in [3.05, 3.63) is 54.1 Å². The van der Waals surface area contributed by atoms with E-state index in [1.165, 1.54) is 0 Å². The van der Waals surface area contributed by atoms with Gasteiger partial charge in [0.15, 0.2) is 0 Å². The molecule has 0 aromatic heterocycles. The molecule has 178 valence electrons. The van der Waals surface area contributed by atoms with Gasteiger partial charge in [0, 0.05) is 19.4 Å². The molecule has 1 N–H and O–H groups in total. The molecule has 1 aromatic carbocycles. The fourth-order valence-electron chi connectivity index (χ4n) is 3.68. The molecule has 2 rings (SSSR count). The van der Waals surface area contributed by atoms with Gasteiger partial charge >= 0.3 is 5.97 Å². The zero-order valence-electron chi connectivity index (χ0n) is 19.7. The zero-order valence-corrected chi connectivity index (χ0v) is 19.7. The average molecular weight is 447 g/mol. The van der Waals surface area contributed by atoms with E-state index in [0.29, 0.717) is 19.4 Å². The third-order valence-electron chi connectivity index (χ3n) is 5.30. The molecule has 0 aliphatic carbocycles. The highest BCUT2D eigenvalue weighted by molar-refractivity contribution is 5.69. The fraction of sp³-hybridized carbons (Fsp3) is 0.577. The molecule has 1 fully saturated rings. The van der Waals surface area contributed by atoms with Gasteiger partial charge in [0.1, 0.15) is 18.5 Å². The van der Waals surface area contributed by atoms with Crippen molar-refractivity contribution in [1.82, 2.24) is 0 Å². The van der Waals surface area contributed by atoms with Crippen LogP contribution < -0.4 is 4.74 Å². The molecule has 0 saturated carbocycles. The van der Waals surface area contributed by atoms with Gasteiger partial charge in [0.2, 0.25) is 0 Å². The first-order chi connectivity index (χ1) is 15.4. The minimum absolute atomic E-state index is 0.0276. The Morgan fingerprint density at radius 3 is 2.78 bits per heavy atom. The number of esters is 1. The van der Waals surface area contributed by atoms with Crippen LogP contribution in [0.1, 0.15) is 45.1 Å². The molecule has 32 heavy (non-hydrogen) atoms. The molecule has 0 radical (unpaired) electrons. The fourth-order valence-corrected chi connectivity index (χ4v) is 3.68. The summed E-state index contributed by atoms with van der Waals surface area (Å²) in [7, 11) is 1.70. The van der Waals surface area contributed by atoms with Crippen LogP contribution in [0.25, 0.3) is 0 Å². The smallest absolute Gasteiger partial charge is 0.306 e. The predicted octanol–water partition coefficient (Wildman–Crippen LogP) is 4.39. The maximum absolute atomic E-state index is 11.6. The number of methoxy groups -OCH3 is 1. The number of hydrogen-bond donors (Lipinski definition) is 1. The monoisotopic (exact) mass is 446 g/mol. The lowest BCUT2D eigenvalue weighted by atomic mass is 9.92. The summed E-state index contributed by atoms with van der Waals surface area (Å²) < 4.78 is 22.3. The number of benzene rings is 1. The highest BCUT2D eigenvalue weighted by atomic mass is 16.5. The van der Waals surface area contributed by atoms with Crippen LogP contribution in [0.5, 0.6) is 5.75 Å². The number of rotatable bonds is 13. The minimum atomic E-state index is -0.716. The van der Waals surface area contributed by atoms with Gasteiger partial charge in [0.05, 0.1) is 24.9 Å². The van der Waals surface area contributed by atoms with Crippen molar-refractivity contribution in [3.8, 4) is 5.75 Å². The largest absolute Gasteiger partial charge is 0.491 e. The van der Waals surface area contributed by atoms with Crippen molar-refractivity contribution in [2.75, 3.05) is 20.3 Å². The quantitative estimate of drug-likeness (QED) is 0.358. The van der Waals surface area contributed by atoms with E-state index in [-0.39, 0.29) is 36.8 Å². The lowest BCUT2D eigenvalue weighted by molar-refractivity contribution is -0.147. The zero-order chi connectivity index (χ0) is 23.3. The van der Waals surface area contributed by atoms with Crippen molar-refractivity contribution in [3.63, 3.8) is 0 Å². The minimum Gasteiger partial charge on any atom is -0.491 e. The van der Waals surface area contributed by atoms with E-state index < -0.39 is 6.10 Å². The molecule has 0 amide bonds. The average Bonchev–Trinajstić information content (AvgIpc) is 3.14. The highest BCUT2D eigenvalue weighted by Crippen LogP contribution is 2.29. The SMILES string of the molecule is COC1CO[C@H](/C=C/C(O)COc2cccc(C)c2)[C@H]1CC/C=C\CCC(=O)OC(C)C. The van der Waals surface area contributed by atoms with Gasteiger partial charge in [-0.15, -0.1) is 0 Å². The maximum atomic E-state index is 11.6. The van der Waals surface area contributed by atoms with Gasteiger partial charge in [-0.05, 0) is 57.7 Å². The van der Waals surface area contributed by atoms with Crippen molar-refractivity contribution < 1.29 is 28.8 Å². The number of ether oxygens (including phenoxy) is 4. The number of carbonyl (C=O) groups is 1. The Morgan fingerprint density at radius 1 is 1.28 bits per heavy atom. The van der Waals surface area contributed by atoms with E-state index in [4.69, 9.17) is 18.9 Å². The van der Waals surface area contributed by atoms with Crippen LogP contribution in [0.4, 0.5) is 0 Å².